The molecule has 0 amide bonds. The molecule has 16 heavy (non-hydrogen) atoms. The minimum Gasteiger partial charge on any atom is -0.488 e. The molecule has 2 nitrogen and oxygen atoms in total. The Bertz CT molecular complexity index is 346. The number of ether oxygens (including phenoxy) is 1. The Morgan fingerprint density at radius 3 is 2.75 bits per heavy atom. The molecule has 1 aliphatic carbocycles. The molecule has 88 valence electrons. The van der Waals surface area contributed by atoms with Gasteiger partial charge in [0.15, 0.2) is 0 Å². The van der Waals surface area contributed by atoms with Crippen molar-refractivity contribution in [2.75, 3.05) is 0 Å². The van der Waals surface area contributed by atoms with Gasteiger partial charge in [0.1, 0.15) is 11.9 Å². The van der Waals surface area contributed by atoms with Crippen LogP contribution >= 0.6 is 0 Å². The van der Waals surface area contributed by atoms with E-state index in [0.29, 0.717) is 5.92 Å². The summed E-state index contributed by atoms with van der Waals surface area (Å²) in [6.45, 7) is 4.34. The van der Waals surface area contributed by atoms with E-state index < -0.39 is 0 Å². The molecule has 1 saturated carbocycles. The first-order chi connectivity index (χ1) is 7.66. The number of aliphatic hydroxyl groups excluding tert-OH is 1. The summed E-state index contributed by atoms with van der Waals surface area (Å²) in [5, 5.41) is 9.70. The van der Waals surface area contributed by atoms with Gasteiger partial charge in [0, 0.05) is 0 Å². The van der Waals surface area contributed by atoms with E-state index in [9.17, 15) is 5.11 Å². The SMILES string of the molecule is CC(C)c1cccc(OC2CCCC2O)c1. The van der Waals surface area contributed by atoms with Crippen LogP contribution in [0.3, 0.4) is 0 Å². The molecule has 0 aromatic heterocycles. The van der Waals surface area contributed by atoms with E-state index in [0.717, 1.165) is 25.0 Å². The molecule has 1 N–H and O–H groups in total. The highest BCUT2D eigenvalue weighted by molar-refractivity contribution is 5.30. The summed E-state index contributed by atoms with van der Waals surface area (Å²) in [5.41, 5.74) is 1.28. The van der Waals surface area contributed by atoms with Gasteiger partial charge in [0.05, 0.1) is 6.10 Å². The molecule has 1 aliphatic rings. The van der Waals surface area contributed by atoms with Crippen molar-refractivity contribution in [1.82, 2.24) is 0 Å². The average molecular weight is 220 g/mol. The van der Waals surface area contributed by atoms with Gasteiger partial charge in [-0.1, -0.05) is 26.0 Å². The molecule has 2 heteroatoms. The minimum absolute atomic E-state index is 0.0117. The van der Waals surface area contributed by atoms with Gasteiger partial charge < -0.3 is 9.84 Å². The van der Waals surface area contributed by atoms with E-state index in [4.69, 9.17) is 4.74 Å². The van der Waals surface area contributed by atoms with Crippen LogP contribution < -0.4 is 4.74 Å². The Balaban J connectivity index is 2.06. The molecule has 2 atom stereocenters. The van der Waals surface area contributed by atoms with Gasteiger partial charge >= 0.3 is 0 Å². The molecule has 0 aliphatic heterocycles. The van der Waals surface area contributed by atoms with Crippen molar-refractivity contribution in [3.8, 4) is 5.75 Å². The molecule has 0 radical (unpaired) electrons. The summed E-state index contributed by atoms with van der Waals surface area (Å²) < 4.78 is 5.83. The van der Waals surface area contributed by atoms with Gasteiger partial charge in [-0.15, -0.1) is 0 Å². The third-order valence-corrected chi connectivity index (χ3v) is 3.23. The van der Waals surface area contributed by atoms with Crippen LogP contribution in [0.15, 0.2) is 24.3 Å². The topological polar surface area (TPSA) is 29.5 Å². The van der Waals surface area contributed by atoms with E-state index in [1.165, 1.54) is 5.56 Å². The largest absolute Gasteiger partial charge is 0.488 e. The standard InChI is InChI=1S/C14H20O2/c1-10(2)11-5-3-6-12(9-11)16-14-8-4-7-13(14)15/h3,5-6,9-10,13-15H,4,7-8H2,1-2H3. The van der Waals surface area contributed by atoms with Crippen LogP contribution in [0.4, 0.5) is 0 Å². The second kappa shape index (κ2) is 4.88. The maximum atomic E-state index is 9.70. The highest BCUT2D eigenvalue weighted by Crippen LogP contribution is 2.26. The van der Waals surface area contributed by atoms with E-state index in [-0.39, 0.29) is 12.2 Å². The van der Waals surface area contributed by atoms with Crippen molar-refractivity contribution in [3.63, 3.8) is 0 Å². The lowest BCUT2D eigenvalue weighted by molar-refractivity contribution is 0.0603. The van der Waals surface area contributed by atoms with E-state index in [1.807, 2.05) is 12.1 Å². The maximum Gasteiger partial charge on any atom is 0.124 e. The fourth-order valence-electron chi connectivity index (χ4n) is 2.17. The molecule has 0 bridgehead atoms. The summed E-state index contributed by atoms with van der Waals surface area (Å²) in [6.07, 6.45) is 2.60. The molecule has 1 aromatic rings. The lowest BCUT2D eigenvalue weighted by Gasteiger charge is -2.18. The number of hydrogen-bond acceptors (Lipinski definition) is 2. The summed E-state index contributed by atoms with van der Waals surface area (Å²) in [5.74, 6) is 1.40. The minimum atomic E-state index is -0.289. The molecular formula is C14H20O2. The van der Waals surface area contributed by atoms with Crippen LogP contribution in [-0.2, 0) is 0 Å². The molecule has 0 saturated heterocycles. The lowest BCUT2D eigenvalue weighted by Crippen LogP contribution is -2.25. The van der Waals surface area contributed by atoms with E-state index in [2.05, 4.69) is 26.0 Å². The van der Waals surface area contributed by atoms with Crippen molar-refractivity contribution in [3.05, 3.63) is 29.8 Å². The summed E-state index contributed by atoms with van der Waals surface area (Å²) in [7, 11) is 0. The number of aliphatic hydroxyl groups is 1. The van der Waals surface area contributed by atoms with Crippen LogP contribution in [0.2, 0.25) is 0 Å². The molecule has 0 spiro atoms. The zero-order valence-electron chi connectivity index (χ0n) is 10.0. The zero-order chi connectivity index (χ0) is 11.5. The number of rotatable bonds is 3. The predicted molar refractivity (Wildman–Crippen MR) is 64.8 cm³/mol. The number of benzene rings is 1. The zero-order valence-corrected chi connectivity index (χ0v) is 10.0. The van der Waals surface area contributed by atoms with Crippen molar-refractivity contribution < 1.29 is 9.84 Å². The first-order valence-electron chi connectivity index (χ1n) is 6.11. The fraction of sp³-hybridized carbons (Fsp3) is 0.571. The average Bonchev–Trinajstić information content (AvgIpc) is 2.65. The van der Waals surface area contributed by atoms with Crippen molar-refractivity contribution in [2.45, 2.75) is 51.2 Å². The Morgan fingerprint density at radius 1 is 1.31 bits per heavy atom. The third-order valence-electron chi connectivity index (χ3n) is 3.23. The quantitative estimate of drug-likeness (QED) is 0.848. The Hall–Kier alpha value is -1.02. The van der Waals surface area contributed by atoms with Crippen LogP contribution in [0.5, 0.6) is 5.75 Å². The summed E-state index contributed by atoms with van der Waals surface area (Å²) in [4.78, 5) is 0. The van der Waals surface area contributed by atoms with Crippen LogP contribution in [0, 0.1) is 0 Å². The second-order valence-corrected chi connectivity index (χ2v) is 4.88. The molecule has 0 heterocycles. The maximum absolute atomic E-state index is 9.70. The van der Waals surface area contributed by atoms with Gasteiger partial charge in [0.25, 0.3) is 0 Å². The van der Waals surface area contributed by atoms with Crippen LogP contribution in [0.25, 0.3) is 0 Å². The van der Waals surface area contributed by atoms with Gasteiger partial charge in [-0.25, -0.2) is 0 Å². The van der Waals surface area contributed by atoms with Gasteiger partial charge in [-0.3, -0.25) is 0 Å². The van der Waals surface area contributed by atoms with Crippen LogP contribution in [-0.4, -0.2) is 17.3 Å². The Labute approximate surface area is 97.3 Å². The first-order valence-corrected chi connectivity index (χ1v) is 6.11. The van der Waals surface area contributed by atoms with E-state index >= 15 is 0 Å². The molecule has 2 rings (SSSR count). The molecule has 2 unspecified atom stereocenters. The van der Waals surface area contributed by atoms with Gasteiger partial charge in [0.2, 0.25) is 0 Å². The second-order valence-electron chi connectivity index (χ2n) is 4.88. The van der Waals surface area contributed by atoms with Crippen LogP contribution in [0.1, 0.15) is 44.6 Å². The summed E-state index contributed by atoms with van der Waals surface area (Å²) in [6, 6.07) is 8.18. The van der Waals surface area contributed by atoms with Gasteiger partial charge in [-0.2, -0.15) is 0 Å². The third kappa shape index (κ3) is 2.56. The monoisotopic (exact) mass is 220 g/mol. The molecular weight excluding hydrogens is 200 g/mol. The summed E-state index contributed by atoms with van der Waals surface area (Å²) >= 11 is 0. The highest BCUT2D eigenvalue weighted by atomic mass is 16.5. The van der Waals surface area contributed by atoms with Crippen molar-refractivity contribution in [1.29, 1.82) is 0 Å². The Kier molecular flexibility index (Phi) is 3.49. The fourth-order valence-corrected chi connectivity index (χ4v) is 2.17. The van der Waals surface area contributed by atoms with Gasteiger partial charge in [-0.05, 0) is 42.9 Å². The molecule has 1 fully saturated rings. The van der Waals surface area contributed by atoms with E-state index in [1.54, 1.807) is 0 Å². The normalized spacial score (nSPS) is 25.0. The predicted octanol–water partition coefficient (Wildman–Crippen LogP) is 3.10. The molecule has 1 aromatic carbocycles. The lowest BCUT2D eigenvalue weighted by atomic mass is 10.0. The number of hydrogen-bond donors (Lipinski definition) is 1. The van der Waals surface area contributed by atoms with Crippen molar-refractivity contribution >= 4 is 0 Å². The smallest absolute Gasteiger partial charge is 0.124 e. The Morgan fingerprint density at radius 2 is 2.12 bits per heavy atom. The first kappa shape index (κ1) is 11.5. The highest BCUT2D eigenvalue weighted by Gasteiger charge is 2.26. The van der Waals surface area contributed by atoms with Crippen molar-refractivity contribution in [2.24, 2.45) is 0 Å².